The molecular weight excluding hydrogens is 420 g/mol. The standard InChI is InChI=1S/3C9H10O2/c3*1-6-3-4-7(2)8(5-6)9(10)11/h3*3-5H,1-2H3,(H,10,11). The number of hydrogen-bond acceptors (Lipinski definition) is 3. The van der Waals surface area contributed by atoms with Crippen molar-refractivity contribution >= 4 is 17.9 Å². The van der Waals surface area contributed by atoms with Crippen molar-refractivity contribution in [1.29, 1.82) is 0 Å². The van der Waals surface area contributed by atoms with Crippen LogP contribution < -0.4 is 0 Å². The fraction of sp³-hybridized carbons (Fsp3) is 0.222. The first-order valence-electron chi connectivity index (χ1n) is 10.2. The zero-order valence-electron chi connectivity index (χ0n) is 19.8. The fourth-order valence-electron chi connectivity index (χ4n) is 2.90. The second kappa shape index (κ2) is 12.2. The lowest BCUT2D eigenvalue weighted by molar-refractivity contribution is 0.0685. The van der Waals surface area contributed by atoms with Gasteiger partial charge in [-0.15, -0.1) is 0 Å². The molecule has 0 saturated carbocycles. The predicted octanol–water partition coefficient (Wildman–Crippen LogP) is 6.00. The maximum atomic E-state index is 10.6. The first-order valence-corrected chi connectivity index (χ1v) is 10.2. The summed E-state index contributed by atoms with van der Waals surface area (Å²) in [5.41, 5.74) is 6.54. The number of carbonyl (C=O) groups is 3. The Bertz CT molecular complexity index is 1020. The number of hydrogen-bond donors (Lipinski definition) is 3. The predicted molar refractivity (Wildman–Crippen MR) is 129 cm³/mol. The van der Waals surface area contributed by atoms with Crippen LogP contribution in [0.25, 0.3) is 0 Å². The smallest absolute Gasteiger partial charge is 0.335 e. The van der Waals surface area contributed by atoms with Crippen LogP contribution in [-0.4, -0.2) is 33.2 Å². The van der Waals surface area contributed by atoms with E-state index in [4.69, 9.17) is 15.3 Å². The third-order valence-electron chi connectivity index (χ3n) is 4.87. The lowest BCUT2D eigenvalue weighted by atomic mass is 10.1. The number of aryl methyl sites for hydroxylation is 6. The first-order chi connectivity index (χ1) is 15.3. The van der Waals surface area contributed by atoms with E-state index >= 15 is 0 Å². The second-order valence-corrected chi connectivity index (χ2v) is 7.87. The van der Waals surface area contributed by atoms with Crippen molar-refractivity contribution in [3.63, 3.8) is 0 Å². The first kappa shape index (κ1) is 27.1. The third-order valence-corrected chi connectivity index (χ3v) is 4.87. The summed E-state index contributed by atoms with van der Waals surface area (Å²) < 4.78 is 0. The molecule has 0 aliphatic heterocycles. The Labute approximate surface area is 194 Å². The van der Waals surface area contributed by atoms with E-state index in [1.807, 2.05) is 57.2 Å². The van der Waals surface area contributed by atoms with Crippen molar-refractivity contribution in [2.24, 2.45) is 0 Å². The number of carboxylic acids is 3. The minimum atomic E-state index is -0.855. The van der Waals surface area contributed by atoms with E-state index in [0.717, 1.165) is 33.4 Å². The molecule has 0 unspecified atom stereocenters. The number of rotatable bonds is 3. The van der Waals surface area contributed by atoms with Gasteiger partial charge in [0.1, 0.15) is 0 Å². The van der Waals surface area contributed by atoms with Crippen LogP contribution in [-0.2, 0) is 0 Å². The van der Waals surface area contributed by atoms with Gasteiger partial charge in [-0.1, -0.05) is 53.1 Å². The van der Waals surface area contributed by atoms with Gasteiger partial charge in [0.2, 0.25) is 0 Å². The van der Waals surface area contributed by atoms with Gasteiger partial charge in [0, 0.05) is 0 Å². The molecule has 3 rings (SSSR count). The van der Waals surface area contributed by atoms with Crippen LogP contribution in [0.15, 0.2) is 54.6 Å². The molecule has 0 atom stereocenters. The summed E-state index contributed by atoms with van der Waals surface area (Å²) in [5, 5.41) is 26.1. The molecule has 0 fully saturated rings. The quantitative estimate of drug-likeness (QED) is 0.451. The Morgan fingerprint density at radius 3 is 0.818 bits per heavy atom. The maximum absolute atomic E-state index is 10.6. The fourth-order valence-corrected chi connectivity index (χ4v) is 2.90. The molecule has 0 heterocycles. The molecule has 0 saturated heterocycles. The largest absolute Gasteiger partial charge is 0.478 e. The van der Waals surface area contributed by atoms with Gasteiger partial charge in [-0.05, 0) is 76.4 Å². The van der Waals surface area contributed by atoms with Crippen LogP contribution in [0.2, 0.25) is 0 Å². The number of benzene rings is 3. The third kappa shape index (κ3) is 8.61. The van der Waals surface area contributed by atoms with Crippen LogP contribution in [0.3, 0.4) is 0 Å². The highest BCUT2D eigenvalue weighted by Crippen LogP contribution is 2.11. The van der Waals surface area contributed by atoms with Crippen LogP contribution in [0.4, 0.5) is 0 Å². The summed E-state index contributed by atoms with van der Waals surface area (Å²) in [6.07, 6.45) is 0. The van der Waals surface area contributed by atoms with Crippen molar-refractivity contribution in [2.75, 3.05) is 0 Å². The van der Waals surface area contributed by atoms with Gasteiger partial charge < -0.3 is 15.3 Å². The van der Waals surface area contributed by atoms with Crippen molar-refractivity contribution in [3.8, 4) is 0 Å². The minimum absolute atomic E-state index is 0.394. The average Bonchev–Trinajstić information content (AvgIpc) is 2.73. The van der Waals surface area contributed by atoms with Gasteiger partial charge in [-0.25, -0.2) is 14.4 Å². The molecule has 0 bridgehead atoms. The Hall–Kier alpha value is -3.93. The van der Waals surface area contributed by atoms with E-state index in [0.29, 0.717) is 16.7 Å². The zero-order valence-corrected chi connectivity index (χ0v) is 19.8. The second-order valence-electron chi connectivity index (χ2n) is 7.87. The number of carboxylic acid groups (broad SMARTS) is 3. The molecule has 174 valence electrons. The van der Waals surface area contributed by atoms with E-state index in [1.165, 1.54) is 0 Å². The molecule has 6 nitrogen and oxygen atoms in total. The summed E-state index contributed by atoms with van der Waals surface area (Å²) in [6, 6.07) is 16.2. The highest BCUT2D eigenvalue weighted by molar-refractivity contribution is 5.90. The molecular formula is C27H30O6. The van der Waals surface area contributed by atoms with E-state index in [1.54, 1.807) is 39.0 Å². The Morgan fingerprint density at radius 2 is 0.667 bits per heavy atom. The van der Waals surface area contributed by atoms with Crippen molar-refractivity contribution in [1.82, 2.24) is 0 Å². The van der Waals surface area contributed by atoms with Gasteiger partial charge in [-0.3, -0.25) is 0 Å². The van der Waals surface area contributed by atoms with Crippen LogP contribution >= 0.6 is 0 Å². The number of aromatic carboxylic acids is 3. The van der Waals surface area contributed by atoms with Gasteiger partial charge in [-0.2, -0.15) is 0 Å². The van der Waals surface area contributed by atoms with E-state index < -0.39 is 17.9 Å². The Balaban J connectivity index is 0.000000247. The van der Waals surface area contributed by atoms with Crippen molar-refractivity contribution in [3.05, 3.63) is 105 Å². The van der Waals surface area contributed by atoms with Crippen LogP contribution in [0, 0.1) is 41.5 Å². The molecule has 33 heavy (non-hydrogen) atoms. The van der Waals surface area contributed by atoms with Crippen LogP contribution in [0.1, 0.15) is 64.5 Å². The van der Waals surface area contributed by atoms with Gasteiger partial charge >= 0.3 is 17.9 Å². The molecule has 0 aliphatic carbocycles. The maximum Gasteiger partial charge on any atom is 0.335 e. The molecule has 0 radical (unpaired) electrons. The molecule has 3 aromatic carbocycles. The molecule has 3 N–H and O–H groups in total. The van der Waals surface area contributed by atoms with E-state index in [2.05, 4.69) is 0 Å². The summed E-state index contributed by atoms with van der Waals surface area (Å²) in [4.78, 5) is 31.7. The lowest BCUT2D eigenvalue weighted by Crippen LogP contribution is -1.99. The normalized spacial score (nSPS) is 9.64. The highest BCUT2D eigenvalue weighted by atomic mass is 16.4. The molecule has 0 spiro atoms. The van der Waals surface area contributed by atoms with Gasteiger partial charge in [0.25, 0.3) is 0 Å². The van der Waals surface area contributed by atoms with E-state index in [9.17, 15) is 14.4 Å². The summed E-state index contributed by atoms with van der Waals surface area (Å²) >= 11 is 0. The lowest BCUT2D eigenvalue weighted by Gasteiger charge is -2.00. The SMILES string of the molecule is Cc1ccc(C)c(C(=O)O)c1.Cc1ccc(C)c(C(=O)O)c1.Cc1ccc(C)c(C(=O)O)c1. The van der Waals surface area contributed by atoms with Gasteiger partial charge in [0.05, 0.1) is 16.7 Å². The van der Waals surface area contributed by atoms with Crippen molar-refractivity contribution in [2.45, 2.75) is 41.5 Å². The molecule has 3 aromatic rings. The van der Waals surface area contributed by atoms with Crippen LogP contribution in [0.5, 0.6) is 0 Å². The van der Waals surface area contributed by atoms with Gasteiger partial charge in [0.15, 0.2) is 0 Å². The summed E-state index contributed by atoms with van der Waals surface area (Å²) in [6.45, 7) is 11.0. The topological polar surface area (TPSA) is 112 Å². The summed E-state index contributed by atoms with van der Waals surface area (Å²) in [5.74, 6) is -2.57. The monoisotopic (exact) mass is 450 g/mol. The molecule has 0 aliphatic rings. The molecule has 6 heteroatoms. The average molecular weight is 451 g/mol. The molecule has 0 amide bonds. The summed E-state index contributed by atoms with van der Waals surface area (Å²) in [7, 11) is 0. The minimum Gasteiger partial charge on any atom is -0.478 e. The highest BCUT2D eigenvalue weighted by Gasteiger charge is 2.06. The van der Waals surface area contributed by atoms with E-state index in [-0.39, 0.29) is 0 Å². The Kier molecular flexibility index (Phi) is 10.0. The Morgan fingerprint density at radius 1 is 0.455 bits per heavy atom. The zero-order chi connectivity index (χ0) is 25.3. The molecule has 0 aromatic heterocycles. The van der Waals surface area contributed by atoms with Crippen molar-refractivity contribution < 1.29 is 29.7 Å².